The van der Waals surface area contributed by atoms with Crippen molar-refractivity contribution in [3.05, 3.63) is 0 Å². The van der Waals surface area contributed by atoms with Crippen LogP contribution in [0.5, 0.6) is 0 Å². The summed E-state index contributed by atoms with van der Waals surface area (Å²) in [6.07, 6.45) is 1.41. The van der Waals surface area contributed by atoms with Gasteiger partial charge in [-0.15, -0.1) is 11.8 Å². The molecule has 0 aromatic carbocycles. The molecule has 17 heavy (non-hydrogen) atoms. The number of esters is 1. The third-order valence-corrected chi connectivity index (χ3v) is 8.13. The summed E-state index contributed by atoms with van der Waals surface area (Å²) in [6, 6.07) is 0. The van der Waals surface area contributed by atoms with E-state index in [-0.39, 0.29) is 5.97 Å². The van der Waals surface area contributed by atoms with Crippen molar-refractivity contribution in [2.75, 3.05) is 18.1 Å². The highest BCUT2D eigenvalue weighted by molar-refractivity contribution is 8.13. The van der Waals surface area contributed by atoms with Crippen LogP contribution in [0.3, 0.4) is 0 Å². The molecule has 0 aliphatic carbocycles. The molecule has 0 radical (unpaired) electrons. The SMILES string of the molecule is C[C@](O)([C@H]1CCOC1=O)[C@]1(C)SCCC[S@]1=O. The van der Waals surface area contributed by atoms with E-state index in [1.165, 1.54) is 11.8 Å². The van der Waals surface area contributed by atoms with Gasteiger partial charge in [0.1, 0.15) is 9.68 Å². The first-order chi connectivity index (χ1) is 7.89. The Bertz CT molecular complexity index is 355. The molecule has 2 heterocycles. The summed E-state index contributed by atoms with van der Waals surface area (Å²) in [5.74, 6) is 0.558. The summed E-state index contributed by atoms with van der Waals surface area (Å²) >= 11 is 1.51. The van der Waals surface area contributed by atoms with Gasteiger partial charge >= 0.3 is 5.97 Å². The van der Waals surface area contributed by atoms with Crippen molar-refractivity contribution >= 4 is 28.5 Å². The van der Waals surface area contributed by atoms with Gasteiger partial charge in [0.05, 0.1) is 12.5 Å². The number of hydrogen-bond donors (Lipinski definition) is 1. The Kier molecular flexibility index (Phi) is 3.58. The first-order valence-corrected chi connectivity index (χ1v) is 8.11. The van der Waals surface area contributed by atoms with Gasteiger partial charge in [0.25, 0.3) is 0 Å². The highest BCUT2D eigenvalue weighted by Gasteiger charge is 2.57. The molecule has 98 valence electrons. The smallest absolute Gasteiger partial charge is 0.312 e. The maximum absolute atomic E-state index is 12.2. The van der Waals surface area contributed by atoms with Gasteiger partial charge in [-0.3, -0.25) is 9.00 Å². The third kappa shape index (κ3) is 2.04. The maximum atomic E-state index is 12.2. The average Bonchev–Trinajstić information content (AvgIpc) is 2.69. The number of cyclic esters (lactones) is 1. The number of rotatable bonds is 2. The standard InChI is InChI=1S/C11H18O4S2/c1-10(13,8-4-5-15-9(8)12)11(2)16-6-3-7-17(11)14/h8,13H,3-7H2,1-2H3/t8-,10-,11+,17+/m0/s1. The summed E-state index contributed by atoms with van der Waals surface area (Å²) in [4.78, 5) is 11.6. The zero-order valence-electron chi connectivity index (χ0n) is 10.1. The van der Waals surface area contributed by atoms with E-state index in [2.05, 4.69) is 0 Å². The fraction of sp³-hybridized carbons (Fsp3) is 0.909. The second-order valence-corrected chi connectivity index (χ2v) is 8.54. The molecule has 0 amide bonds. The zero-order valence-corrected chi connectivity index (χ0v) is 11.7. The number of carbonyl (C=O) groups excluding carboxylic acids is 1. The highest BCUT2D eigenvalue weighted by Crippen LogP contribution is 2.48. The molecular weight excluding hydrogens is 260 g/mol. The number of aliphatic hydroxyl groups is 1. The summed E-state index contributed by atoms with van der Waals surface area (Å²) in [7, 11) is -1.12. The third-order valence-electron chi connectivity index (χ3n) is 3.82. The van der Waals surface area contributed by atoms with Crippen molar-refractivity contribution in [3.8, 4) is 0 Å². The van der Waals surface area contributed by atoms with Gasteiger partial charge < -0.3 is 9.84 Å². The van der Waals surface area contributed by atoms with Crippen molar-refractivity contribution in [2.45, 2.75) is 36.4 Å². The minimum absolute atomic E-state index is 0.354. The Labute approximate surface area is 108 Å². The number of hydrogen-bond acceptors (Lipinski definition) is 5. The van der Waals surface area contributed by atoms with Crippen LogP contribution in [0.1, 0.15) is 26.7 Å². The fourth-order valence-corrected chi connectivity index (χ4v) is 6.14. The van der Waals surface area contributed by atoms with Gasteiger partial charge in [-0.25, -0.2) is 0 Å². The Morgan fingerprint density at radius 1 is 1.65 bits per heavy atom. The molecule has 2 saturated heterocycles. The van der Waals surface area contributed by atoms with Crippen molar-refractivity contribution in [2.24, 2.45) is 5.92 Å². The van der Waals surface area contributed by atoms with Crippen LogP contribution in [0.15, 0.2) is 0 Å². The molecule has 0 aromatic heterocycles. The van der Waals surface area contributed by atoms with E-state index in [1.807, 2.05) is 0 Å². The largest absolute Gasteiger partial charge is 0.465 e. The van der Waals surface area contributed by atoms with E-state index >= 15 is 0 Å². The van der Waals surface area contributed by atoms with E-state index in [1.54, 1.807) is 13.8 Å². The topological polar surface area (TPSA) is 63.6 Å². The minimum Gasteiger partial charge on any atom is -0.465 e. The monoisotopic (exact) mass is 278 g/mol. The number of carbonyl (C=O) groups is 1. The van der Waals surface area contributed by atoms with Gasteiger partial charge in [-0.2, -0.15) is 0 Å². The molecule has 0 unspecified atom stereocenters. The summed E-state index contributed by atoms with van der Waals surface area (Å²) in [5, 5.41) is 10.7. The van der Waals surface area contributed by atoms with E-state index in [9.17, 15) is 14.1 Å². The quantitative estimate of drug-likeness (QED) is 0.760. The molecule has 2 rings (SSSR count). The van der Waals surface area contributed by atoms with Crippen LogP contribution in [-0.4, -0.2) is 43.1 Å². The molecule has 1 N–H and O–H groups in total. The number of ether oxygens (including phenoxy) is 1. The molecule has 0 saturated carbocycles. The van der Waals surface area contributed by atoms with Crippen LogP contribution in [0, 0.1) is 5.92 Å². The van der Waals surface area contributed by atoms with Gasteiger partial charge in [-0.1, -0.05) is 0 Å². The molecular formula is C11H18O4S2. The highest BCUT2D eigenvalue weighted by atomic mass is 32.2. The molecule has 4 atom stereocenters. The van der Waals surface area contributed by atoms with Crippen molar-refractivity contribution < 1.29 is 18.8 Å². The Morgan fingerprint density at radius 3 is 2.88 bits per heavy atom. The number of thioether (sulfide) groups is 1. The van der Waals surface area contributed by atoms with Crippen LogP contribution in [0.2, 0.25) is 0 Å². The molecule has 0 aromatic rings. The fourth-order valence-electron chi connectivity index (χ4n) is 2.42. The first-order valence-electron chi connectivity index (χ1n) is 5.81. The summed E-state index contributed by atoms with van der Waals surface area (Å²) in [5.41, 5.74) is -1.28. The van der Waals surface area contributed by atoms with E-state index in [0.29, 0.717) is 18.8 Å². The summed E-state index contributed by atoms with van der Waals surface area (Å²) < 4.78 is 16.3. The van der Waals surface area contributed by atoms with Crippen LogP contribution in [-0.2, 0) is 20.3 Å². The Morgan fingerprint density at radius 2 is 2.35 bits per heavy atom. The second kappa shape index (κ2) is 4.55. The second-order valence-electron chi connectivity index (χ2n) is 4.85. The van der Waals surface area contributed by atoms with Crippen molar-refractivity contribution in [3.63, 3.8) is 0 Å². The summed E-state index contributed by atoms with van der Waals surface area (Å²) in [6.45, 7) is 3.78. The van der Waals surface area contributed by atoms with Gasteiger partial charge in [0.15, 0.2) is 0 Å². The molecule has 2 aliphatic heterocycles. The first kappa shape index (κ1) is 13.4. The van der Waals surface area contributed by atoms with Crippen LogP contribution in [0.25, 0.3) is 0 Å². The lowest BCUT2D eigenvalue weighted by Gasteiger charge is -2.45. The predicted octanol–water partition coefficient (Wildman–Crippen LogP) is 0.902. The molecule has 0 spiro atoms. The van der Waals surface area contributed by atoms with E-state index < -0.39 is 26.4 Å². The molecule has 2 fully saturated rings. The predicted molar refractivity (Wildman–Crippen MR) is 68.2 cm³/mol. The van der Waals surface area contributed by atoms with E-state index in [0.717, 1.165) is 12.2 Å². The van der Waals surface area contributed by atoms with Crippen LogP contribution < -0.4 is 0 Å². The lowest BCUT2D eigenvalue weighted by Crippen LogP contribution is -2.58. The van der Waals surface area contributed by atoms with Crippen LogP contribution >= 0.6 is 11.8 Å². The molecule has 6 heteroatoms. The van der Waals surface area contributed by atoms with Gasteiger partial charge in [-0.05, 0) is 32.4 Å². The van der Waals surface area contributed by atoms with Crippen molar-refractivity contribution in [1.29, 1.82) is 0 Å². The minimum atomic E-state index is -1.28. The Hall–Kier alpha value is -0.0700. The van der Waals surface area contributed by atoms with Crippen molar-refractivity contribution in [1.82, 2.24) is 0 Å². The van der Waals surface area contributed by atoms with Gasteiger partial charge in [0, 0.05) is 16.6 Å². The molecule has 4 nitrogen and oxygen atoms in total. The zero-order chi connectivity index (χ0) is 12.7. The normalized spacial score (nSPS) is 41.9. The van der Waals surface area contributed by atoms with Gasteiger partial charge in [0.2, 0.25) is 0 Å². The average molecular weight is 278 g/mol. The Balaban J connectivity index is 2.29. The van der Waals surface area contributed by atoms with E-state index in [4.69, 9.17) is 4.74 Å². The maximum Gasteiger partial charge on any atom is 0.312 e. The lowest BCUT2D eigenvalue weighted by molar-refractivity contribution is -0.148. The lowest BCUT2D eigenvalue weighted by atomic mass is 9.85. The molecule has 2 aliphatic rings. The molecule has 0 bridgehead atoms. The van der Waals surface area contributed by atoms with Crippen LogP contribution in [0.4, 0.5) is 0 Å².